The van der Waals surface area contributed by atoms with Gasteiger partial charge in [0.05, 0.1) is 4.90 Å². The number of thiophene rings is 1. The first-order chi connectivity index (χ1) is 10.5. The van der Waals surface area contributed by atoms with Gasteiger partial charge in [0.1, 0.15) is 12.0 Å². The Bertz CT molecular complexity index is 851. The standard InChI is InChI=1S/C15H14N2O3S2/c1-11-17-15(10-20-11)12-4-6-14(7-5-12)22(18,19)16-9-13-3-2-8-21-13/h2-8,10,16H,9H2,1H3. The summed E-state index contributed by atoms with van der Waals surface area (Å²) in [5.74, 6) is 0.573. The Hall–Kier alpha value is -1.96. The summed E-state index contributed by atoms with van der Waals surface area (Å²) in [6, 6.07) is 10.4. The molecular weight excluding hydrogens is 320 g/mol. The summed E-state index contributed by atoms with van der Waals surface area (Å²) in [6.45, 7) is 2.06. The van der Waals surface area contributed by atoms with Crippen LogP contribution >= 0.6 is 11.3 Å². The molecule has 0 spiro atoms. The zero-order chi connectivity index (χ0) is 15.6. The lowest BCUT2D eigenvalue weighted by Gasteiger charge is -2.06. The van der Waals surface area contributed by atoms with Crippen LogP contribution in [-0.4, -0.2) is 13.4 Å². The number of hydrogen-bond donors (Lipinski definition) is 1. The van der Waals surface area contributed by atoms with Gasteiger partial charge < -0.3 is 4.42 Å². The molecule has 0 radical (unpaired) electrons. The van der Waals surface area contributed by atoms with Gasteiger partial charge in [-0.3, -0.25) is 0 Å². The molecule has 7 heteroatoms. The lowest BCUT2D eigenvalue weighted by atomic mass is 10.2. The summed E-state index contributed by atoms with van der Waals surface area (Å²) < 4.78 is 32.2. The molecule has 0 saturated carbocycles. The van der Waals surface area contributed by atoms with Crippen molar-refractivity contribution in [1.29, 1.82) is 0 Å². The summed E-state index contributed by atoms with van der Waals surface area (Å²) in [5.41, 5.74) is 1.50. The second kappa shape index (κ2) is 6.04. The molecule has 114 valence electrons. The van der Waals surface area contributed by atoms with Gasteiger partial charge in [0.25, 0.3) is 0 Å². The van der Waals surface area contributed by atoms with Crippen LogP contribution in [0, 0.1) is 6.92 Å². The van der Waals surface area contributed by atoms with Crippen molar-refractivity contribution in [3.8, 4) is 11.3 Å². The SMILES string of the molecule is Cc1nc(-c2ccc(S(=O)(=O)NCc3cccs3)cc2)co1. The molecule has 1 aromatic carbocycles. The second-order valence-electron chi connectivity index (χ2n) is 4.68. The molecule has 0 bridgehead atoms. The van der Waals surface area contributed by atoms with Crippen molar-refractivity contribution >= 4 is 21.4 Å². The minimum absolute atomic E-state index is 0.230. The molecule has 3 aromatic rings. The average molecular weight is 334 g/mol. The molecule has 0 aliphatic carbocycles. The highest BCUT2D eigenvalue weighted by Gasteiger charge is 2.14. The van der Waals surface area contributed by atoms with Crippen LogP contribution in [0.4, 0.5) is 0 Å². The predicted octanol–water partition coefficient (Wildman–Crippen LogP) is 3.19. The van der Waals surface area contributed by atoms with E-state index in [0.29, 0.717) is 18.1 Å². The van der Waals surface area contributed by atoms with Gasteiger partial charge in [-0.1, -0.05) is 18.2 Å². The van der Waals surface area contributed by atoms with Crippen LogP contribution in [0.3, 0.4) is 0 Å². The maximum absolute atomic E-state index is 12.2. The number of oxazole rings is 1. The van der Waals surface area contributed by atoms with Crippen LogP contribution < -0.4 is 4.72 Å². The topological polar surface area (TPSA) is 72.2 Å². The van der Waals surface area contributed by atoms with Crippen molar-refractivity contribution in [3.05, 3.63) is 58.8 Å². The van der Waals surface area contributed by atoms with E-state index in [0.717, 1.165) is 10.4 Å². The van der Waals surface area contributed by atoms with E-state index in [-0.39, 0.29) is 4.90 Å². The first kappa shape index (κ1) is 15.0. The van der Waals surface area contributed by atoms with E-state index in [1.807, 2.05) is 17.5 Å². The molecule has 0 amide bonds. The highest BCUT2D eigenvalue weighted by molar-refractivity contribution is 7.89. The fourth-order valence-corrected chi connectivity index (χ4v) is 3.71. The molecule has 0 saturated heterocycles. The maximum Gasteiger partial charge on any atom is 0.240 e. The monoisotopic (exact) mass is 334 g/mol. The lowest BCUT2D eigenvalue weighted by molar-refractivity contribution is 0.521. The minimum atomic E-state index is -3.52. The maximum atomic E-state index is 12.2. The molecule has 0 atom stereocenters. The number of aromatic nitrogens is 1. The van der Waals surface area contributed by atoms with Gasteiger partial charge in [0.15, 0.2) is 5.89 Å². The Morgan fingerprint density at radius 2 is 2.00 bits per heavy atom. The summed E-state index contributed by atoms with van der Waals surface area (Å²) in [5, 5.41) is 1.92. The Kier molecular flexibility index (Phi) is 4.10. The Morgan fingerprint density at radius 1 is 1.23 bits per heavy atom. The van der Waals surface area contributed by atoms with Crippen molar-refractivity contribution < 1.29 is 12.8 Å². The number of sulfonamides is 1. The summed E-state index contributed by atoms with van der Waals surface area (Å²) in [6.07, 6.45) is 1.55. The Labute approximate surface area is 132 Å². The van der Waals surface area contributed by atoms with Gasteiger partial charge in [-0.15, -0.1) is 11.3 Å². The summed E-state index contributed by atoms with van der Waals surface area (Å²) >= 11 is 1.52. The minimum Gasteiger partial charge on any atom is -0.449 e. The van der Waals surface area contributed by atoms with Gasteiger partial charge in [-0.05, 0) is 23.6 Å². The summed E-state index contributed by atoms with van der Waals surface area (Å²) in [7, 11) is -3.52. The Balaban J connectivity index is 1.76. The third-order valence-corrected chi connectivity index (χ3v) is 5.39. The van der Waals surface area contributed by atoms with Crippen molar-refractivity contribution in [2.45, 2.75) is 18.4 Å². The van der Waals surface area contributed by atoms with E-state index in [1.54, 1.807) is 37.5 Å². The molecule has 22 heavy (non-hydrogen) atoms. The smallest absolute Gasteiger partial charge is 0.240 e. The van der Waals surface area contributed by atoms with Crippen molar-refractivity contribution in [2.24, 2.45) is 0 Å². The van der Waals surface area contributed by atoms with E-state index >= 15 is 0 Å². The molecule has 2 heterocycles. The van der Waals surface area contributed by atoms with Crippen LogP contribution in [0.2, 0.25) is 0 Å². The predicted molar refractivity (Wildman–Crippen MR) is 85.0 cm³/mol. The molecule has 0 fully saturated rings. The molecule has 0 aliphatic rings. The average Bonchev–Trinajstić information content (AvgIpc) is 3.17. The van der Waals surface area contributed by atoms with E-state index in [9.17, 15) is 8.42 Å². The van der Waals surface area contributed by atoms with Crippen LogP contribution in [0.5, 0.6) is 0 Å². The number of aryl methyl sites for hydroxylation is 1. The van der Waals surface area contributed by atoms with Gasteiger partial charge in [0, 0.05) is 23.9 Å². The zero-order valence-electron chi connectivity index (χ0n) is 11.8. The van der Waals surface area contributed by atoms with Crippen molar-refractivity contribution in [1.82, 2.24) is 9.71 Å². The van der Waals surface area contributed by atoms with Gasteiger partial charge in [-0.25, -0.2) is 18.1 Å². The molecular formula is C15H14N2O3S2. The number of rotatable bonds is 5. The van der Waals surface area contributed by atoms with Crippen LogP contribution in [0.1, 0.15) is 10.8 Å². The number of benzene rings is 1. The van der Waals surface area contributed by atoms with E-state index in [2.05, 4.69) is 9.71 Å². The molecule has 1 N–H and O–H groups in total. The molecule has 3 rings (SSSR count). The molecule has 2 aromatic heterocycles. The first-order valence-electron chi connectivity index (χ1n) is 6.59. The van der Waals surface area contributed by atoms with Crippen molar-refractivity contribution in [3.63, 3.8) is 0 Å². The summed E-state index contributed by atoms with van der Waals surface area (Å²) in [4.78, 5) is 5.41. The zero-order valence-corrected chi connectivity index (χ0v) is 13.4. The Morgan fingerprint density at radius 3 is 2.59 bits per heavy atom. The quantitative estimate of drug-likeness (QED) is 0.778. The first-order valence-corrected chi connectivity index (χ1v) is 8.95. The normalized spacial score (nSPS) is 11.7. The third kappa shape index (κ3) is 3.27. The van der Waals surface area contributed by atoms with Crippen LogP contribution in [0.25, 0.3) is 11.3 Å². The largest absolute Gasteiger partial charge is 0.449 e. The van der Waals surface area contributed by atoms with E-state index < -0.39 is 10.0 Å². The third-order valence-electron chi connectivity index (χ3n) is 3.10. The van der Waals surface area contributed by atoms with Gasteiger partial charge >= 0.3 is 0 Å². The highest BCUT2D eigenvalue weighted by Crippen LogP contribution is 2.21. The highest BCUT2D eigenvalue weighted by atomic mass is 32.2. The fourth-order valence-electron chi connectivity index (χ4n) is 1.96. The van der Waals surface area contributed by atoms with Crippen LogP contribution in [0.15, 0.2) is 57.4 Å². The van der Waals surface area contributed by atoms with Crippen LogP contribution in [-0.2, 0) is 16.6 Å². The van der Waals surface area contributed by atoms with Gasteiger partial charge in [-0.2, -0.15) is 0 Å². The number of nitrogens with zero attached hydrogens (tertiary/aromatic N) is 1. The number of nitrogens with one attached hydrogen (secondary N) is 1. The van der Waals surface area contributed by atoms with Crippen molar-refractivity contribution in [2.75, 3.05) is 0 Å². The number of hydrogen-bond acceptors (Lipinski definition) is 5. The lowest BCUT2D eigenvalue weighted by Crippen LogP contribution is -2.22. The second-order valence-corrected chi connectivity index (χ2v) is 7.48. The fraction of sp³-hybridized carbons (Fsp3) is 0.133. The molecule has 5 nitrogen and oxygen atoms in total. The van der Waals surface area contributed by atoms with E-state index in [4.69, 9.17) is 4.42 Å². The molecule has 0 aliphatic heterocycles. The van der Waals surface area contributed by atoms with Gasteiger partial charge in [0.2, 0.25) is 10.0 Å². The molecule has 0 unspecified atom stereocenters. The van der Waals surface area contributed by atoms with E-state index in [1.165, 1.54) is 11.3 Å².